The summed E-state index contributed by atoms with van der Waals surface area (Å²) in [5.41, 5.74) is 10.5. The summed E-state index contributed by atoms with van der Waals surface area (Å²) in [6.07, 6.45) is 19.8. The molecular formula is C77H108O4. The van der Waals surface area contributed by atoms with Crippen molar-refractivity contribution in [1.29, 1.82) is 0 Å². The van der Waals surface area contributed by atoms with Crippen molar-refractivity contribution in [2.75, 3.05) is 0 Å². The smallest absolute Gasteiger partial charge is 0.123 e. The van der Waals surface area contributed by atoms with E-state index in [1.807, 2.05) is 12.1 Å². The first-order valence-electron chi connectivity index (χ1n) is 32.0. The van der Waals surface area contributed by atoms with Crippen LogP contribution in [0.1, 0.15) is 289 Å². The zero-order chi connectivity index (χ0) is 59.2. The van der Waals surface area contributed by atoms with Gasteiger partial charge in [-0.25, -0.2) is 0 Å². The van der Waals surface area contributed by atoms with Crippen molar-refractivity contribution >= 4 is 0 Å². The number of hydrogen-bond donors (Lipinski definition) is 4. The number of aromatic hydroxyl groups is 4. The maximum absolute atomic E-state index is 13.9. The highest BCUT2D eigenvalue weighted by atomic mass is 16.3. The first-order chi connectivity index (χ1) is 38.4. The molecule has 4 heteroatoms. The lowest BCUT2D eigenvalue weighted by atomic mass is 9.59. The molecule has 0 aromatic heterocycles. The average Bonchev–Trinajstić information content (AvgIpc) is 2.38. The summed E-state index contributed by atoms with van der Waals surface area (Å²) >= 11 is 0. The van der Waals surface area contributed by atoms with Crippen molar-refractivity contribution in [3.8, 4) is 23.0 Å². The minimum Gasteiger partial charge on any atom is -0.507 e. The Labute approximate surface area is 493 Å². The maximum Gasteiger partial charge on any atom is 0.123 e. The Morgan fingerprint density at radius 3 is 0.975 bits per heavy atom. The molecule has 81 heavy (non-hydrogen) atoms. The van der Waals surface area contributed by atoms with E-state index in [9.17, 15) is 20.4 Å². The molecule has 4 nitrogen and oxygen atoms in total. The largest absolute Gasteiger partial charge is 0.507 e. The first-order valence-corrected chi connectivity index (χ1v) is 32.0. The number of aryl methyl sites for hydroxylation is 2. The predicted octanol–water partition coefficient (Wildman–Crippen LogP) is 21.5. The van der Waals surface area contributed by atoms with E-state index in [-0.39, 0.29) is 34.8 Å². The van der Waals surface area contributed by atoms with Gasteiger partial charge in [0.1, 0.15) is 23.0 Å². The van der Waals surface area contributed by atoms with E-state index in [0.717, 1.165) is 107 Å². The zero-order valence-electron chi connectivity index (χ0n) is 53.3. The van der Waals surface area contributed by atoms with Crippen LogP contribution in [-0.2, 0) is 41.9 Å². The van der Waals surface area contributed by atoms with Gasteiger partial charge in [-0.3, -0.25) is 0 Å². The molecule has 0 amide bonds. The van der Waals surface area contributed by atoms with Crippen LogP contribution in [0.5, 0.6) is 23.0 Å². The third kappa shape index (κ3) is 16.4. The van der Waals surface area contributed by atoms with Crippen LogP contribution in [0, 0.1) is 11.8 Å². The Hall–Kier alpha value is -5.48. The first kappa shape index (κ1) is 64.7. The molecule has 6 rings (SSSR count). The summed E-state index contributed by atoms with van der Waals surface area (Å²) in [6, 6.07) is 38.9. The maximum atomic E-state index is 13.9. The Kier molecular flexibility index (Phi) is 23.3. The lowest BCUT2D eigenvalue weighted by Gasteiger charge is -2.43. The number of phenolic OH excluding ortho intramolecular Hbond substituents is 4. The molecule has 0 aliphatic heterocycles. The van der Waals surface area contributed by atoms with Gasteiger partial charge in [-0.1, -0.05) is 290 Å². The molecular weight excluding hydrogens is 989 g/mol. The second kappa shape index (κ2) is 29.2. The minimum absolute atomic E-state index is 0.178. The van der Waals surface area contributed by atoms with E-state index in [4.69, 9.17) is 0 Å². The highest BCUT2D eigenvalue weighted by molar-refractivity contribution is 5.67. The monoisotopic (exact) mass is 1100 g/mol. The van der Waals surface area contributed by atoms with Gasteiger partial charge in [0.2, 0.25) is 0 Å². The van der Waals surface area contributed by atoms with Crippen LogP contribution in [0.15, 0.2) is 109 Å². The van der Waals surface area contributed by atoms with Gasteiger partial charge in [0.05, 0.1) is 0 Å². The second-order valence-electron chi connectivity index (χ2n) is 27.7. The van der Waals surface area contributed by atoms with Crippen LogP contribution < -0.4 is 0 Å². The van der Waals surface area contributed by atoms with Crippen LogP contribution in [0.3, 0.4) is 0 Å². The molecule has 6 aromatic rings. The summed E-state index contributed by atoms with van der Waals surface area (Å²) in [7, 11) is 0. The van der Waals surface area contributed by atoms with Crippen LogP contribution in [0.2, 0.25) is 0 Å². The predicted molar refractivity (Wildman–Crippen MR) is 347 cm³/mol. The summed E-state index contributed by atoms with van der Waals surface area (Å²) in [5.74, 6) is 0.164. The van der Waals surface area contributed by atoms with Gasteiger partial charge >= 0.3 is 0 Å². The van der Waals surface area contributed by atoms with Crippen molar-refractivity contribution in [3.63, 3.8) is 0 Å². The molecule has 440 valence electrons. The van der Waals surface area contributed by atoms with E-state index < -0.39 is 22.2 Å². The molecule has 6 aromatic carbocycles. The normalized spacial score (nSPS) is 13.5. The van der Waals surface area contributed by atoms with E-state index in [2.05, 4.69) is 201 Å². The molecule has 0 radical (unpaired) electrons. The Bertz CT molecular complexity index is 2720. The highest BCUT2D eigenvalue weighted by Crippen LogP contribution is 2.60. The lowest BCUT2D eigenvalue weighted by molar-refractivity contribution is 0.373. The number of phenols is 4. The fraction of sp³-hybridized carbons (Fsp3) is 0.532. The van der Waals surface area contributed by atoms with Crippen LogP contribution in [0.25, 0.3) is 0 Å². The van der Waals surface area contributed by atoms with Gasteiger partial charge in [0.25, 0.3) is 0 Å². The standard InChI is InChI=1S/C77H108O4/c1-16-18-20-22-24-26-30-36-56-44-62(54(7)60-38-32-28-33-39-60)71(78)64(46-56)70(65-47-57(37-31-27-25-23-21-19-17-2)45-63(72(65)79)55(8)61-40-34-29-35-41-61)77(15,68-50-58(42-52(3)4)48-66(73(68)80)75(9,10)11)69-51-59(43-53(5)6)49-67(74(69)81)76(12,13)14/h28-29,32-35,38-41,44-55,70,78-81H,16-27,30-31,36-37,42-43H2,1-15H3. The molecule has 0 saturated heterocycles. The van der Waals surface area contributed by atoms with Crippen molar-refractivity contribution < 1.29 is 20.4 Å². The minimum atomic E-state index is -1.33. The van der Waals surface area contributed by atoms with Gasteiger partial charge in [0.15, 0.2) is 0 Å². The second-order valence-corrected chi connectivity index (χ2v) is 27.7. The fourth-order valence-electron chi connectivity index (χ4n) is 13.0. The molecule has 0 spiro atoms. The van der Waals surface area contributed by atoms with Gasteiger partial charge in [-0.15, -0.1) is 0 Å². The van der Waals surface area contributed by atoms with Crippen molar-refractivity contribution in [2.45, 2.75) is 253 Å². The number of benzene rings is 6. The average molecular weight is 1100 g/mol. The molecule has 2 unspecified atom stereocenters. The number of hydrogen-bond acceptors (Lipinski definition) is 4. The third-order valence-corrected chi connectivity index (χ3v) is 17.7. The molecule has 0 aliphatic rings. The number of rotatable bonds is 29. The molecule has 0 aliphatic carbocycles. The highest BCUT2D eigenvalue weighted by Gasteiger charge is 2.48. The summed E-state index contributed by atoms with van der Waals surface area (Å²) in [4.78, 5) is 0. The zero-order valence-corrected chi connectivity index (χ0v) is 53.3. The SMILES string of the molecule is CCCCCCCCCc1cc(C(C)c2ccccc2)c(O)c(C(c2cc(CCCCCCCCC)cc(C(C)c3ccccc3)c2O)C(C)(c2cc(CC(C)C)cc(C(C)(C)C)c2O)c2cc(CC(C)C)cc(C(C)(C)C)c2O)c1. The van der Waals surface area contributed by atoms with E-state index in [1.165, 1.54) is 64.2 Å². The topological polar surface area (TPSA) is 80.9 Å². The molecule has 0 saturated carbocycles. The summed E-state index contributed by atoms with van der Waals surface area (Å²) < 4.78 is 0. The van der Waals surface area contributed by atoms with Crippen LogP contribution in [-0.4, -0.2) is 20.4 Å². The summed E-state index contributed by atoms with van der Waals surface area (Å²) in [5, 5.41) is 54.9. The van der Waals surface area contributed by atoms with Crippen LogP contribution >= 0.6 is 0 Å². The summed E-state index contributed by atoms with van der Waals surface area (Å²) in [6.45, 7) is 33.2. The van der Waals surface area contributed by atoms with E-state index >= 15 is 0 Å². The van der Waals surface area contributed by atoms with Crippen LogP contribution in [0.4, 0.5) is 0 Å². The Balaban J connectivity index is 1.87. The fourth-order valence-corrected chi connectivity index (χ4v) is 13.0. The van der Waals surface area contributed by atoms with Gasteiger partial charge in [-0.05, 0) is 106 Å². The lowest BCUT2D eigenvalue weighted by Crippen LogP contribution is -2.35. The Morgan fingerprint density at radius 1 is 0.346 bits per heavy atom. The molecule has 2 atom stereocenters. The molecule has 4 N–H and O–H groups in total. The molecule has 0 bridgehead atoms. The number of unbranched alkanes of at least 4 members (excludes halogenated alkanes) is 12. The van der Waals surface area contributed by atoms with Crippen molar-refractivity contribution in [1.82, 2.24) is 0 Å². The van der Waals surface area contributed by atoms with Gasteiger partial charge in [0, 0.05) is 56.5 Å². The molecule has 0 fully saturated rings. The van der Waals surface area contributed by atoms with Crippen molar-refractivity contribution in [3.05, 3.63) is 187 Å². The third-order valence-electron chi connectivity index (χ3n) is 17.7. The van der Waals surface area contributed by atoms with E-state index in [0.29, 0.717) is 34.1 Å². The van der Waals surface area contributed by atoms with Gasteiger partial charge < -0.3 is 20.4 Å². The van der Waals surface area contributed by atoms with E-state index in [1.54, 1.807) is 0 Å². The quantitative estimate of drug-likeness (QED) is 0.0353. The Morgan fingerprint density at radius 2 is 0.654 bits per heavy atom. The van der Waals surface area contributed by atoms with Gasteiger partial charge in [-0.2, -0.15) is 0 Å². The van der Waals surface area contributed by atoms with Crippen molar-refractivity contribution in [2.24, 2.45) is 11.8 Å². The molecule has 0 heterocycles.